The van der Waals surface area contributed by atoms with Crippen molar-refractivity contribution in [3.63, 3.8) is 0 Å². The molecule has 1 aromatic carbocycles. The van der Waals surface area contributed by atoms with Crippen LogP contribution in [-0.4, -0.2) is 21.9 Å². The highest BCUT2D eigenvalue weighted by atomic mass is 35.5. The molecule has 1 atom stereocenters. The van der Waals surface area contributed by atoms with Gasteiger partial charge in [0.25, 0.3) is 0 Å². The minimum absolute atomic E-state index is 0.0921. The lowest BCUT2D eigenvalue weighted by Gasteiger charge is -2.31. The van der Waals surface area contributed by atoms with E-state index in [4.69, 9.17) is 11.6 Å². The van der Waals surface area contributed by atoms with E-state index in [-0.39, 0.29) is 11.9 Å². The van der Waals surface area contributed by atoms with Gasteiger partial charge in [0.05, 0.1) is 6.04 Å². The number of aromatic nitrogens is 1. The van der Waals surface area contributed by atoms with Crippen molar-refractivity contribution in [3.05, 3.63) is 58.9 Å². The van der Waals surface area contributed by atoms with Crippen LogP contribution in [0.25, 0.3) is 0 Å². The molecule has 1 aliphatic rings. The van der Waals surface area contributed by atoms with E-state index < -0.39 is 0 Å². The molecular formula is C19H23ClN2O. The number of nitrogens with zero attached hydrogens (tertiary/aromatic N) is 2. The smallest absolute Gasteiger partial charge is 0.223 e. The van der Waals surface area contributed by atoms with Crippen molar-refractivity contribution in [1.82, 2.24) is 9.47 Å². The standard InChI is InChI=1S/C19H23ClN2O/c1-2-3-11-18(23)22-14-7-13-21-12-6-10-17(21)19(22)15-8-4-5-9-16(15)20/h4-6,8-10,12,19H,2-3,7,11,13-14H2,1H3. The first-order chi connectivity index (χ1) is 11.2. The predicted octanol–water partition coefficient (Wildman–Crippen LogP) is 4.65. The van der Waals surface area contributed by atoms with Crippen LogP contribution < -0.4 is 0 Å². The molecule has 1 aliphatic heterocycles. The fourth-order valence-electron chi connectivity index (χ4n) is 3.34. The minimum Gasteiger partial charge on any atom is -0.349 e. The Morgan fingerprint density at radius 1 is 1.22 bits per heavy atom. The summed E-state index contributed by atoms with van der Waals surface area (Å²) >= 11 is 6.47. The van der Waals surface area contributed by atoms with E-state index in [1.165, 1.54) is 0 Å². The zero-order valence-electron chi connectivity index (χ0n) is 13.5. The van der Waals surface area contributed by atoms with E-state index in [1.54, 1.807) is 0 Å². The molecule has 3 rings (SSSR count). The Morgan fingerprint density at radius 2 is 2.04 bits per heavy atom. The van der Waals surface area contributed by atoms with Gasteiger partial charge >= 0.3 is 0 Å². The van der Waals surface area contributed by atoms with Gasteiger partial charge in [-0.25, -0.2) is 0 Å². The molecule has 0 N–H and O–H groups in total. The average Bonchev–Trinajstić information content (AvgIpc) is 2.94. The van der Waals surface area contributed by atoms with Gasteiger partial charge < -0.3 is 9.47 Å². The summed E-state index contributed by atoms with van der Waals surface area (Å²) in [7, 11) is 0. The summed E-state index contributed by atoms with van der Waals surface area (Å²) in [6.07, 6.45) is 5.65. The Morgan fingerprint density at radius 3 is 2.83 bits per heavy atom. The van der Waals surface area contributed by atoms with Crippen LogP contribution in [0.5, 0.6) is 0 Å². The van der Waals surface area contributed by atoms with Crippen LogP contribution in [0.15, 0.2) is 42.6 Å². The van der Waals surface area contributed by atoms with Gasteiger partial charge in [-0.3, -0.25) is 4.79 Å². The number of fused-ring (bicyclic) bond motifs is 1. The number of benzene rings is 1. The number of carbonyl (C=O) groups is 1. The number of hydrogen-bond acceptors (Lipinski definition) is 1. The van der Waals surface area contributed by atoms with E-state index in [9.17, 15) is 4.79 Å². The second kappa shape index (κ2) is 7.22. The summed E-state index contributed by atoms with van der Waals surface area (Å²) in [5.74, 6) is 0.228. The molecular weight excluding hydrogens is 308 g/mol. The molecule has 0 saturated carbocycles. The fraction of sp³-hybridized carbons (Fsp3) is 0.421. The van der Waals surface area contributed by atoms with E-state index in [2.05, 4.69) is 29.8 Å². The summed E-state index contributed by atoms with van der Waals surface area (Å²) in [6.45, 7) is 3.84. The Labute approximate surface area is 142 Å². The summed E-state index contributed by atoms with van der Waals surface area (Å²) in [6, 6.07) is 11.9. The lowest BCUT2D eigenvalue weighted by atomic mass is 10.0. The highest BCUT2D eigenvalue weighted by molar-refractivity contribution is 6.31. The van der Waals surface area contributed by atoms with Gasteiger partial charge in [0.2, 0.25) is 5.91 Å². The molecule has 3 nitrogen and oxygen atoms in total. The van der Waals surface area contributed by atoms with E-state index >= 15 is 0 Å². The molecule has 0 spiro atoms. The van der Waals surface area contributed by atoms with Crippen molar-refractivity contribution in [2.24, 2.45) is 0 Å². The molecule has 0 radical (unpaired) electrons. The van der Waals surface area contributed by atoms with Gasteiger partial charge in [-0.15, -0.1) is 0 Å². The first-order valence-corrected chi connectivity index (χ1v) is 8.79. The number of amides is 1. The molecule has 23 heavy (non-hydrogen) atoms. The number of unbranched alkanes of at least 4 members (excludes halogenated alkanes) is 1. The SMILES string of the molecule is CCCCC(=O)N1CCCn2cccc2C1c1ccccc1Cl. The highest BCUT2D eigenvalue weighted by Crippen LogP contribution is 2.36. The molecule has 2 heterocycles. The van der Waals surface area contributed by atoms with Crippen LogP contribution in [0, 0.1) is 0 Å². The van der Waals surface area contributed by atoms with Crippen molar-refractivity contribution in [2.45, 2.75) is 45.2 Å². The van der Waals surface area contributed by atoms with Crippen LogP contribution in [0.4, 0.5) is 0 Å². The third kappa shape index (κ3) is 3.30. The average molecular weight is 331 g/mol. The second-order valence-corrected chi connectivity index (χ2v) is 6.50. The third-order valence-electron chi connectivity index (χ3n) is 4.52. The van der Waals surface area contributed by atoms with Crippen molar-refractivity contribution in [2.75, 3.05) is 6.54 Å². The molecule has 2 aromatic rings. The summed E-state index contributed by atoms with van der Waals surface area (Å²) in [4.78, 5) is 14.8. The molecule has 1 amide bonds. The normalized spacial score (nSPS) is 17.7. The molecule has 0 fully saturated rings. The number of rotatable bonds is 4. The summed E-state index contributed by atoms with van der Waals surface area (Å²) in [5, 5.41) is 0.723. The first kappa shape index (κ1) is 16.1. The van der Waals surface area contributed by atoms with Gasteiger partial charge in [0, 0.05) is 36.4 Å². The van der Waals surface area contributed by atoms with Crippen LogP contribution in [0.1, 0.15) is 49.9 Å². The molecule has 0 bridgehead atoms. The Kier molecular flexibility index (Phi) is 5.06. The van der Waals surface area contributed by atoms with E-state index in [0.717, 1.165) is 48.6 Å². The van der Waals surface area contributed by atoms with Crippen molar-refractivity contribution in [3.8, 4) is 0 Å². The molecule has 122 valence electrons. The van der Waals surface area contributed by atoms with Gasteiger partial charge in [0.15, 0.2) is 0 Å². The Hall–Kier alpha value is -1.74. The number of hydrogen-bond donors (Lipinski definition) is 0. The minimum atomic E-state index is -0.0921. The number of aryl methyl sites for hydroxylation is 1. The fourth-order valence-corrected chi connectivity index (χ4v) is 3.58. The second-order valence-electron chi connectivity index (χ2n) is 6.09. The van der Waals surface area contributed by atoms with Crippen LogP contribution in [0.2, 0.25) is 5.02 Å². The lowest BCUT2D eigenvalue weighted by Crippen LogP contribution is -2.35. The van der Waals surface area contributed by atoms with Crippen molar-refractivity contribution < 1.29 is 4.79 Å². The first-order valence-electron chi connectivity index (χ1n) is 8.41. The van der Waals surface area contributed by atoms with Crippen LogP contribution in [-0.2, 0) is 11.3 Å². The largest absolute Gasteiger partial charge is 0.349 e. The zero-order valence-corrected chi connectivity index (χ0v) is 14.3. The molecule has 4 heteroatoms. The molecule has 0 aliphatic carbocycles. The van der Waals surface area contributed by atoms with Crippen LogP contribution in [0.3, 0.4) is 0 Å². The maximum atomic E-state index is 12.8. The summed E-state index contributed by atoms with van der Waals surface area (Å²) < 4.78 is 2.25. The number of halogens is 1. The Balaban J connectivity index is 2.03. The lowest BCUT2D eigenvalue weighted by molar-refractivity contribution is -0.133. The Bertz CT molecular complexity index is 680. The maximum absolute atomic E-state index is 12.8. The topological polar surface area (TPSA) is 25.2 Å². The zero-order chi connectivity index (χ0) is 16.2. The van der Waals surface area contributed by atoms with Gasteiger partial charge in [0.1, 0.15) is 0 Å². The van der Waals surface area contributed by atoms with Crippen molar-refractivity contribution >= 4 is 17.5 Å². The van der Waals surface area contributed by atoms with Crippen LogP contribution >= 0.6 is 11.6 Å². The highest BCUT2D eigenvalue weighted by Gasteiger charge is 2.31. The molecule has 1 unspecified atom stereocenters. The summed E-state index contributed by atoms with van der Waals surface area (Å²) in [5.41, 5.74) is 2.17. The van der Waals surface area contributed by atoms with Crippen molar-refractivity contribution in [1.29, 1.82) is 0 Å². The van der Waals surface area contributed by atoms with Gasteiger partial charge in [-0.1, -0.05) is 43.1 Å². The quantitative estimate of drug-likeness (QED) is 0.800. The monoisotopic (exact) mass is 330 g/mol. The van der Waals surface area contributed by atoms with E-state index in [1.807, 2.05) is 29.2 Å². The molecule has 1 aromatic heterocycles. The maximum Gasteiger partial charge on any atom is 0.223 e. The number of carbonyl (C=O) groups excluding carboxylic acids is 1. The van der Waals surface area contributed by atoms with E-state index in [0.29, 0.717) is 6.42 Å². The predicted molar refractivity (Wildman–Crippen MR) is 93.6 cm³/mol. The van der Waals surface area contributed by atoms with Gasteiger partial charge in [-0.05, 0) is 36.6 Å². The third-order valence-corrected chi connectivity index (χ3v) is 4.86. The van der Waals surface area contributed by atoms with Gasteiger partial charge in [-0.2, -0.15) is 0 Å². The molecule has 0 saturated heterocycles.